The molecule has 1 heterocycles. The van der Waals surface area contributed by atoms with Crippen LogP contribution in [-0.4, -0.2) is 22.3 Å². The van der Waals surface area contributed by atoms with Crippen molar-refractivity contribution in [1.29, 1.82) is 0 Å². The predicted molar refractivity (Wildman–Crippen MR) is 61.2 cm³/mol. The molecule has 0 amide bonds. The fourth-order valence-electron chi connectivity index (χ4n) is 1.11. The predicted octanol–water partition coefficient (Wildman–Crippen LogP) is 1.62. The van der Waals surface area contributed by atoms with Crippen LogP contribution in [-0.2, 0) is 12.2 Å². The van der Waals surface area contributed by atoms with Crippen LogP contribution >= 0.6 is 11.8 Å². The Kier molecular flexibility index (Phi) is 5.56. The highest BCUT2D eigenvalue weighted by Crippen LogP contribution is 2.09. The molecule has 0 unspecified atom stereocenters. The van der Waals surface area contributed by atoms with E-state index in [1.54, 1.807) is 0 Å². The molecule has 1 rings (SSSR count). The molecule has 1 aromatic rings. The third-order valence-corrected chi connectivity index (χ3v) is 2.90. The highest BCUT2D eigenvalue weighted by molar-refractivity contribution is 7.98. The van der Waals surface area contributed by atoms with Gasteiger partial charge in [0.25, 0.3) is 0 Å². The van der Waals surface area contributed by atoms with Crippen LogP contribution in [0.1, 0.15) is 24.9 Å². The van der Waals surface area contributed by atoms with Gasteiger partial charge in [0, 0.05) is 18.3 Å². The maximum Gasteiger partial charge on any atom is 0.138 e. The molecular weight excluding hydrogens is 194 g/mol. The molecule has 0 aliphatic heterocycles. The zero-order chi connectivity index (χ0) is 10.2. The minimum atomic E-state index is 0.651. The highest BCUT2D eigenvalue weighted by Gasteiger charge is 1.98. The summed E-state index contributed by atoms with van der Waals surface area (Å²) in [6.45, 7) is 2.83. The number of hydrogen-bond donors (Lipinski definition) is 1. The van der Waals surface area contributed by atoms with E-state index < -0.39 is 0 Å². The molecule has 1 aromatic heterocycles. The van der Waals surface area contributed by atoms with Gasteiger partial charge in [-0.05, 0) is 24.8 Å². The highest BCUT2D eigenvalue weighted by atomic mass is 32.2. The van der Waals surface area contributed by atoms with Crippen molar-refractivity contribution in [3.8, 4) is 0 Å². The average molecular weight is 211 g/mol. The van der Waals surface area contributed by atoms with Crippen LogP contribution in [0, 0.1) is 0 Å². The SMILES string of the molecule is CCCSCc1nccc(CCN)n1. The lowest BCUT2D eigenvalue weighted by atomic mass is 10.3. The molecule has 0 atom stereocenters. The maximum atomic E-state index is 5.47. The van der Waals surface area contributed by atoms with Crippen LogP contribution in [0.25, 0.3) is 0 Å². The molecule has 0 spiro atoms. The summed E-state index contributed by atoms with van der Waals surface area (Å²) >= 11 is 1.88. The van der Waals surface area contributed by atoms with Crippen molar-refractivity contribution in [1.82, 2.24) is 9.97 Å². The summed E-state index contributed by atoms with van der Waals surface area (Å²) in [7, 11) is 0. The van der Waals surface area contributed by atoms with E-state index in [2.05, 4.69) is 16.9 Å². The van der Waals surface area contributed by atoms with Crippen molar-refractivity contribution in [3.05, 3.63) is 23.8 Å². The first kappa shape index (κ1) is 11.5. The Morgan fingerprint density at radius 2 is 2.36 bits per heavy atom. The third kappa shape index (κ3) is 4.07. The molecule has 4 heteroatoms. The second-order valence-corrected chi connectivity index (χ2v) is 4.16. The lowest BCUT2D eigenvalue weighted by Gasteiger charge is -2.01. The van der Waals surface area contributed by atoms with Crippen molar-refractivity contribution in [2.45, 2.75) is 25.5 Å². The molecule has 0 bridgehead atoms. The Labute approximate surface area is 89.5 Å². The lowest BCUT2D eigenvalue weighted by molar-refractivity contribution is 0.883. The van der Waals surface area contributed by atoms with Gasteiger partial charge in [0.2, 0.25) is 0 Å². The van der Waals surface area contributed by atoms with E-state index in [-0.39, 0.29) is 0 Å². The number of rotatable bonds is 6. The van der Waals surface area contributed by atoms with Gasteiger partial charge < -0.3 is 5.73 Å². The molecular formula is C10H17N3S. The zero-order valence-electron chi connectivity index (χ0n) is 8.57. The van der Waals surface area contributed by atoms with Gasteiger partial charge in [-0.25, -0.2) is 9.97 Å². The Bertz CT molecular complexity index is 265. The van der Waals surface area contributed by atoms with Crippen molar-refractivity contribution < 1.29 is 0 Å². The lowest BCUT2D eigenvalue weighted by Crippen LogP contribution is -2.06. The van der Waals surface area contributed by atoms with E-state index >= 15 is 0 Å². The number of nitrogens with two attached hydrogens (primary N) is 1. The minimum absolute atomic E-state index is 0.651. The first-order valence-electron chi connectivity index (χ1n) is 4.95. The van der Waals surface area contributed by atoms with Crippen LogP contribution in [0.3, 0.4) is 0 Å². The van der Waals surface area contributed by atoms with Gasteiger partial charge in [-0.1, -0.05) is 6.92 Å². The van der Waals surface area contributed by atoms with E-state index in [1.165, 1.54) is 12.2 Å². The van der Waals surface area contributed by atoms with E-state index in [4.69, 9.17) is 5.73 Å². The molecule has 0 aliphatic rings. The van der Waals surface area contributed by atoms with E-state index in [0.717, 1.165) is 23.7 Å². The Balaban J connectivity index is 2.46. The molecule has 0 aliphatic carbocycles. The fraction of sp³-hybridized carbons (Fsp3) is 0.600. The van der Waals surface area contributed by atoms with Gasteiger partial charge in [0.15, 0.2) is 0 Å². The van der Waals surface area contributed by atoms with Crippen LogP contribution < -0.4 is 5.73 Å². The smallest absolute Gasteiger partial charge is 0.138 e. The first-order chi connectivity index (χ1) is 6.86. The number of hydrogen-bond acceptors (Lipinski definition) is 4. The monoisotopic (exact) mass is 211 g/mol. The summed E-state index contributed by atoms with van der Waals surface area (Å²) in [5.74, 6) is 3.01. The summed E-state index contributed by atoms with van der Waals surface area (Å²) in [5, 5.41) is 0. The molecule has 3 nitrogen and oxygen atoms in total. The van der Waals surface area contributed by atoms with Crippen LogP contribution in [0.2, 0.25) is 0 Å². The minimum Gasteiger partial charge on any atom is -0.330 e. The Morgan fingerprint density at radius 3 is 3.07 bits per heavy atom. The van der Waals surface area contributed by atoms with Crippen molar-refractivity contribution in [3.63, 3.8) is 0 Å². The van der Waals surface area contributed by atoms with Gasteiger partial charge in [0.1, 0.15) is 5.82 Å². The average Bonchev–Trinajstić information content (AvgIpc) is 2.19. The summed E-state index contributed by atoms with van der Waals surface area (Å²) in [6.07, 6.45) is 3.86. The Hall–Kier alpha value is -0.610. The second kappa shape index (κ2) is 6.79. The van der Waals surface area contributed by atoms with Gasteiger partial charge >= 0.3 is 0 Å². The van der Waals surface area contributed by atoms with Gasteiger partial charge in [-0.15, -0.1) is 0 Å². The van der Waals surface area contributed by atoms with Crippen molar-refractivity contribution in [2.24, 2.45) is 5.73 Å². The molecule has 78 valence electrons. The maximum absolute atomic E-state index is 5.47. The van der Waals surface area contributed by atoms with E-state index in [1.807, 2.05) is 24.0 Å². The molecule has 2 N–H and O–H groups in total. The molecule has 0 saturated carbocycles. The summed E-state index contributed by atoms with van der Waals surface area (Å²) in [4.78, 5) is 8.64. The molecule has 14 heavy (non-hydrogen) atoms. The van der Waals surface area contributed by atoms with E-state index in [0.29, 0.717) is 6.54 Å². The fourth-order valence-corrected chi connectivity index (χ4v) is 1.86. The van der Waals surface area contributed by atoms with Crippen LogP contribution in [0.4, 0.5) is 0 Å². The quantitative estimate of drug-likeness (QED) is 0.726. The summed E-state index contributed by atoms with van der Waals surface area (Å²) in [6, 6.07) is 1.93. The zero-order valence-corrected chi connectivity index (χ0v) is 9.39. The number of thioether (sulfide) groups is 1. The van der Waals surface area contributed by atoms with Crippen LogP contribution in [0.5, 0.6) is 0 Å². The summed E-state index contributed by atoms with van der Waals surface area (Å²) < 4.78 is 0. The largest absolute Gasteiger partial charge is 0.330 e. The standard InChI is InChI=1S/C10H17N3S/c1-2-7-14-8-10-12-6-4-9(13-10)3-5-11/h4,6H,2-3,5,7-8,11H2,1H3. The van der Waals surface area contributed by atoms with E-state index in [9.17, 15) is 0 Å². The van der Waals surface area contributed by atoms with Gasteiger partial charge in [-0.2, -0.15) is 11.8 Å². The molecule has 0 saturated heterocycles. The van der Waals surface area contributed by atoms with Gasteiger partial charge in [0.05, 0.1) is 5.75 Å². The topological polar surface area (TPSA) is 51.8 Å². The number of aromatic nitrogens is 2. The second-order valence-electron chi connectivity index (χ2n) is 3.06. The third-order valence-electron chi connectivity index (χ3n) is 1.74. The van der Waals surface area contributed by atoms with Crippen molar-refractivity contribution >= 4 is 11.8 Å². The molecule has 0 fully saturated rings. The molecule has 0 radical (unpaired) electrons. The summed E-state index contributed by atoms with van der Waals surface area (Å²) in [5.41, 5.74) is 6.52. The number of nitrogens with zero attached hydrogens (tertiary/aromatic N) is 2. The Morgan fingerprint density at radius 1 is 1.50 bits per heavy atom. The van der Waals surface area contributed by atoms with Crippen LogP contribution in [0.15, 0.2) is 12.3 Å². The molecule has 0 aromatic carbocycles. The first-order valence-corrected chi connectivity index (χ1v) is 6.11. The van der Waals surface area contributed by atoms with Crippen molar-refractivity contribution in [2.75, 3.05) is 12.3 Å². The van der Waals surface area contributed by atoms with Gasteiger partial charge in [-0.3, -0.25) is 0 Å². The normalized spacial score (nSPS) is 10.4.